The minimum Gasteiger partial charge on any atom is -0.451 e. The zero-order chi connectivity index (χ0) is 14.1. The van der Waals surface area contributed by atoms with Gasteiger partial charge in [0.05, 0.1) is 0 Å². The molecule has 1 fully saturated rings. The lowest BCUT2D eigenvalue weighted by atomic mass is 9.98. The quantitative estimate of drug-likeness (QED) is 0.819. The van der Waals surface area contributed by atoms with Crippen molar-refractivity contribution in [2.24, 2.45) is 5.92 Å². The molecule has 0 unspecified atom stereocenters. The van der Waals surface area contributed by atoms with Crippen LogP contribution in [0.25, 0.3) is 11.0 Å². The van der Waals surface area contributed by atoms with Crippen molar-refractivity contribution in [2.75, 3.05) is 25.4 Å². The maximum atomic E-state index is 12.4. The number of anilines is 1. The fourth-order valence-electron chi connectivity index (χ4n) is 2.64. The Morgan fingerprint density at radius 2 is 2.10 bits per heavy atom. The van der Waals surface area contributed by atoms with E-state index in [-0.39, 0.29) is 12.5 Å². The maximum absolute atomic E-state index is 12.4. The fraction of sp³-hybridized carbons (Fsp3) is 0.400. The predicted octanol–water partition coefficient (Wildman–Crippen LogP) is 1.86. The summed E-state index contributed by atoms with van der Waals surface area (Å²) >= 11 is 0. The van der Waals surface area contributed by atoms with E-state index >= 15 is 0 Å². The molecule has 0 spiro atoms. The molecular weight excluding hydrogens is 256 g/mol. The van der Waals surface area contributed by atoms with Gasteiger partial charge in [0.15, 0.2) is 5.76 Å². The van der Waals surface area contributed by atoms with Crippen LogP contribution in [0.3, 0.4) is 0 Å². The molecule has 106 valence electrons. The summed E-state index contributed by atoms with van der Waals surface area (Å²) in [6.45, 7) is 1.54. The number of hydrogen-bond acceptors (Lipinski definition) is 4. The molecule has 2 heterocycles. The molecule has 0 radical (unpaired) electrons. The SMILES string of the molecule is Nc1ccc2oc(C(=O)N3CCC(CO)CC3)cc2c1. The molecule has 5 nitrogen and oxygen atoms in total. The summed E-state index contributed by atoms with van der Waals surface area (Å²) in [5, 5.41) is 9.97. The average molecular weight is 274 g/mol. The zero-order valence-electron chi connectivity index (χ0n) is 11.2. The van der Waals surface area contributed by atoms with Gasteiger partial charge in [-0.1, -0.05) is 0 Å². The molecule has 1 aromatic heterocycles. The second kappa shape index (κ2) is 5.17. The van der Waals surface area contributed by atoms with E-state index < -0.39 is 0 Å². The van der Waals surface area contributed by atoms with Gasteiger partial charge in [0, 0.05) is 30.8 Å². The van der Waals surface area contributed by atoms with Crippen molar-refractivity contribution in [3.05, 3.63) is 30.0 Å². The Morgan fingerprint density at radius 3 is 2.80 bits per heavy atom. The van der Waals surface area contributed by atoms with Gasteiger partial charge >= 0.3 is 0 Å². The number of benzene rings is 1. The molecule has 3 rings (SSSR count). The number of nitrogens with two attached hydrogens (primary N) is 1. The first kappa shape index (κ1) is 13.0. The number of amides is 1. The number of furan rings is 1. The number of aliphatic hydroxyl groups excluding tert-OH is 1. The van der Waals surface area contributed by atoms with Crippen LogP contribution < -0.4 is 5.73 Å². The molecule has 0 saturated carbocycles. The van der Waals surface area contributed by atoms with Gasteiger partial charge < -0.3 is 20.2 Å². The number of nitrogen functional groups attached to an aromatic ring is 1. The number of fused-ring (bicyclic) bond motifs is 1. The highest BCUT2D eigenvalue weighted by atomic mass is 16.3. The van der Waals surface area contributed by atoms with Gasteiger partial charge in [-0.2, -0.15) is 0 Å². The zero-order valence-corrected chi connectivity index (χ0v) is 11.2. The van der Waals surface area contributed by atoms with Crippen LogP contribution in [0, 0.1) is 5.92 Å². The number of carbonyl (C=O) groups excluding carboxylic acids is 1. The highest BCUT2D eigenvalue weighted by Crippen LogP contribution is 2.24. The second-order valence-electron chi connectivity index (χ2n) is 5.33. The monoisotopic (exact) mass is 274 g/mol. The van der Waals surface area contributed by atoms with Crippen molar-refractivity contribution in [2.45, 2.75) is 12.8 Å². The lowest BCUT2D eigenvalue weighted by Gasteiger charge is -2.30. The predicted molar refractivity (Wildman–Crippen MR) is 76.3 cm³/mol. The number of hydrogen-bond donors (Lipinski definition) is 2. The summed E-state index contributed by atoms with van der Waals surface area (Å²) in [5.41, 5.74) is 7.05. The first-order valence-corrected chi connectivity index (χ1v) is 6.86. The summed E-state index contributed by atoms with van der Waals surface area (Å²) in [6, 6.07) is 7.08. The van der Waals surface area contributed by atoms with E-state index in [9.17, 15) is 4.79 Å². The molecule has 1 amide bonds. The van der Waals surface area contributed by atoms with E-state index in [1.807, 2.05) is 0 Å². The molecule has 3 N–H and O–H groups in total. The first-order valence-electron chi connectivity index (χ1n) is 6.86. The summed E-state index contributed by atoms with van der Waals surface area (Å²) in [7, 11) is 0. The van der Waals surface area contributed by atoms with Gasteiger partial charge in [-0.15, -0.1) is 0 Å². The molecule has 1 aliphatic heterocycles. The number of likely N-dealkylation sites (tertiary alicyclic amines) is 1. The second-order valence-corrected chi connectivity index (χ2v) is 5.33. The smallest absolute Gasteiger partial charge is 0.289 e. The van der Waals surface area contributed by atoms with Gasteiger partial charge in [0.25, 0.3) is 5.91 Å². The number of nitrogens with zero attached hydrogens (tertiary/aromatic N) is 1. The third-order valence-corrected chi connectivity index (χ3v) is 3.91. The van der Waals surface area contributed by atoms with Crippen LogP contribution in [0.1, 0.15) is 23.4 Å². The minimum absolute atomic E-state index is 0.0869. The normalized spacial score (nSPS) is 16.8. The minimum atomic E-state index is -0.0869. The Morgan fingerprint density at radius 1 is 1.35 bits per heavy atom. The van der Waals surface area contributed by atoms with Gasteiger partial charge in [-0.05, 0) is 43.0 Å². The Bertz CT molecular complexity index is 627. The van der Waals surface area contributed by atoms with E-state index in [0.717, 1.165) is 18.2 Å². The van der Waals surface area contributed by atoms with Crippen LogP contribution in [0.2, 0.25) is 0 Å². The molecule has 1 aromatic carbocycles. The number of piperidine rings is 1. The van der Waals surface area contributed by atoms with Gasteiger partial charge in [-0.3, -0.25) is 4.79 Å². The van der Waals surface area contributed by atoms with Crippen LogP contribution in [0.4, 0.5) is 5.69 Å². The van der Waals surface area contributed by atoms with Crippen molar-refractivity contribution in [1.82, 2.24) is 4.90 Å². The molecule has 0 aliphatic carbocycles. The Kier molecular flexibility index (Phi) is 3.36. The molecule has 0 atom stereocenters. The third-order valence-electron chi connectivity index (χ3n) is 3.91. The van der Waals surface area contributed by atoms with Gasteiger partial charge in [0.2, 0.25) is 0 Å². The molecule has 5 heteroatoms. The molecule has 20 heavy (non-hydrogen) atoms. The molecule has 0 bridgehead atoms. The van der Waals surface area contributed by atoms with Crippen LogP contribution >= 0.6 is 0 Å². The lowest BCUT2D eigenvalue weighted by Crippen LogP contribution is -2.39. The Labute approximate surface area is 117 Å². The van der Waals surface area contributed by atoms with E-state index in [2.05, 4.69) is 0 Å². The first-order chi connectivity index (χ1) is 9.67. The standard InChI is InChI=1S/C15H18N2O3/c16-12-1-2-13-11(7-12)8-14(20-13)15(19)17-5-3-10(9-18)4-6-17/h1-2,7-8,10,18H,3-6,9,16H2. The highest BCUT2D eigenvalue weighted by molar-refractivity contribution is 5.96. The Hall–Kier alpha value is -2.01. The Balaban J connectivity index is 1.79. The lowest BCUT2D eigenvalue weighted by molar-refractivity contribution is 0.0622. The average Bonchev–Trinajstić information content (AvgIpc) is 2.89. The molecule has 2 aromatic rings. The van der Waals surface area contributed by atoms with Crippen LogP contribution in [0.5, 0.6) is 0 Å². The molecule has 1 saturated heterocycles. The summed E-state index contributed by atoms with van der Waals surface area (Å²) < 4.78 is 5.60. The van der Waals surface area contributed by atoms with E-state index in [4.69, 9.17) is 15.3 Å². The topological polar surface area (TPSA) is 79.7 Å². The number of rotatable bonds is 2. The van der Waals surface area contributed by atoms with Crippen molar-refractivity contribution in [3.8, 4) is 0 Å². The van der Waals surface area contributed by atoms with Crippen LogP contribution in [-0.2, 0) is 0 Å². The highest BCUT2D eigenvalue weighted by Gasteiger charge is 2.25. The van der Waals surface area contributed by atoms with Crippen molar-refractivity contribution < 1.29 is 14.3 Å². The third kappa shape index (κ3) is 2.36. The van der Waals surface area contributed by atoms with Gasteiger partial charge in [-0.25, -0.2) is 0 Å². The van der Waals surface area contributed by atoms with Crippen molar-refractivity contribution in [3.63, 3.8) is 0 Å². The summed E-state index contributed by atoms with van der Waals surface area (Å²) in [5.74, 6) is 0.582. The van der Waals surface area contributed by atoms with Crippen molar-refractivity contribution >= 4 is 22.6 Å². The summed E-state index contributed by atoms with van der Waals surface area (Å²) in [6.07, 6.45) is 1.69. The maximum Gasteiger partial charge on any atom is 0.289 e. The number of aliphatic hydroxyl groups is 1. The largest absolute Gasteiger partial charge is 0.451 e. The van der Waals surface area contributed by atoms with E-state index in [1.54, 1.807) is 29.2 Å². The number of carbonyl (C=O) groups is 1. The fourth-order valence-corrected chi connectivity index (χ4v) is 2.64. The molecule has 1 aliphatic rings. The summed E-state index contributed by atoms with van der Waals surface area (Å²) in [4.78, 5) is 14.2. The molecular formula is C15H18N2O3. The van der Waals surface area contributed by atoms with E-state index in [0.29, 0.717) is 36.0 Å². The van der Waals surface area contributed by atoms with E-state index in [1.165, 1.54) is 0 Å². The van der Waals surface area contributed by atoms with Crippen LogP contribution in [0.15, 0.2) is 28.7 Å². The van der Waals surface area contributed by atoms with Crippen molar-refractivity contribution in [1.29, 1.82) is 0 Å². The van der Waals surface area contributed by atoms with Crippen LogP contribution in [-0.4, -0.2) is 35.6 Å². The van der Waals surface area contributed by atoms with Gasteiger partial charge in [0.1, 0.15) is 5.58 Å².